The van der Waals surface area contributed by atoms with Crippen LogP contribution in [0, 0.1) is 0 Å². The van der Waals surface area contributed by atoms with Crippen LogP contribution < -0.4 is 0 Å². The number of fused-ring (bicyclic) bond motifs is 1. The minimum atomic E-state index is -1.39. The van der Waals surface area contributed by atoms with E-state index < -0.39 is 20.2 Å². The summed E-state index contributed by atoms with van der Waals surface area (Å²) in [6, 6.07) is 0. The van der Waals surface area contributed by atoms with Gasteiger partial charge in [0.25, 0.3) is 0 Å². The van der Waals surface area contributed by atoms with Gasteiger partial charge in [0.05, 0.1) is 0 Å². The molecule has 4 nitrogen and oxygen atoms in total. The van der Waals surface area contributed by atoms with E-state index in [1.54, 1.807) is 0 Å². The maximum absolute atomic E-state index is 5.98. The third-order valence-electron chi connectivity index (χ3n) is 2.54. The zero-order valence-electron chi connectivity index (χ0n) is 9.14. The van der Waals surface area contributed by atoms with E-state index in [1.807, 2.05) is 0 Å². The summed E-state index contributed by atoms with van der Waals surface area (Å²) in [5.74, 6) is 0. The number of alkyl halides is 2. The molecule has 2 aliphatic heterocycles. The van der Waals surface area contributed by atoms with E-state index in [4.69, 9.17) is 17.3 Å². The van der Waals surface area contributed by atoms with E-state index in [9.17, 15) is 0 Å². The fraction of sp³-hybridized carbons (Fsp3) is 0.636. The number of hydrogen-bond acceptors (Lipinski definition) is 4. The van der Waals surface area contributed by atoms with Gasteiger partial charge in [0.1, 0.15) is 0 Å². The van der Waals surface area contributed by atoms with E-state index >= 15 is 0 Å². The first-order chi connectivity index (χ1) is 7.83. The summed E-state index contributed by atoms with van der Waals surface area (Å²) in [5, 5.41) is 0. The predicted molar refractivity (Wildman–Crippen MR) is 69.3 cm³/mol. The Hall–Kier alpha value is -0.270. The Labute approximate surface area is 104 Å². The van der Waals surface area contributed by atoms with Crippen molar-refractivity contribution in [1.29, 1.82) is 0 Å². The standard InChI is InChI=1S/C11H17IO4/c1-3-13-7-9-5-10-11(15-9)6-12(16-10)8-14-4-2/h3-4,9-11H,1-2,5-8H2. The molecular weight excluding hydrogens is 323 g/mol. The third kappa shape index (κ3) is 2.89. The van der Waals surface area contributed by atoms with Crippen molar-refractivity contribution >= 4 is 20.2 Å². The molecule has 2 saturated heterocycles. The summed E-state index contributed by atoms with van der Waals surface area (Å²) >= 11 is -1.39. The van der Waals surface area contributed by atoms with E-state index in [0.717, 1.165) is 15.5 Å². The summed E-state index contributed by atoms with van der Waals surface area (Å²) in [4.78, 5) is 0. The second kappa shape index (κ2) is 5.88. The van der Waals surface area contributed by atoms with Gasteiger partial charge in [-0.25, -0.2) is 0 Å². The second-order valence-electron chi connectivity index (χ2n) is 3.66. The molecular formula is C11H17IO4. The van der Waals surface area contributed by atoms with Gasteiger partial charge in [-0.2, -0.15) is 0 Å². The van der Waals surface area contributed by atoms with Crippen molar-refractivity contribution in [2.45, 2.75) is 24.7 Å². The van der Waals surface area contributed by atoms with Crippen molar-refractivity contribution in [3.63, 3.8) is 0 Å². The van der Waals surface area contributed by atoms with Gasteiger partial charge in [0.15, 0.2) is 0 Å². The summed E-state index contributed by atoms with van der Waals surface area (Å²) in [5.41, 5.74) is 0. The van der Waals surface area contributed by atoms with Gasteiger partial charge >= 0.3 is 104 Å². The van der Waals surface area contributed by atoms with Gasteiger partial charge in [-0.3, -0.25) is 0 Å². The summed E-state index contributed by atoms with van der Waals surface area (Å²) < 4.78 is 23.9. The molecule has 0 saturated carbocycles. The zero-order chi connectivity index (χ0) is 11.4. The molecule has 0 radical (unpaired) electrons. The van der Waals surface area contributed by atoms with Crippen LogP contribution in [0.3, 0.4) is 0 Å². The fourth-order valence-corrected chi connectivity index (χ4v) is 6.33. The van der Waals surface area contributed by atoms with E-state index in [2.05, 4.69) is 13.2 Å². The van der Waals surface area contributed by atoms with Crippen LogP contribution in [0.15, 0.2) is 25.7 Å². The van der Waals surface area contributed by atoms with Crippen LogP contribution in [0.5, 0.6) is 0 Å². The van der Waals surface area contributed by atoms with Gasteiger partial charge in [-0.05, 0) is 0 Å². The summed E-state index contributed by atoms with van der Waals surface area (Å²) in [6.45, 7) is 7.62. The molecule has 5 heteroatoms. The molecule has 92 valence electrons. The molecule has 3 unspecified atom stereocenters. The Morgan fingerprint density at radius 1 is 1.25 bits per heavy atom. The van der Waals surface area contributed by atoms with Gasteiger partial charge in [0, 0.05) is 0 Å². The van der Waals surface area contributed by atoms with Crippen molar-refractivity contribution in [3.8, 4) is 0 Å². The monoisotopic (exact) mass is 340 g/mol. The van der Waals surface area contributed by atoms with Crippen LogP contribution in [0.2, 0.25) is 0 Å². The molecule has 2 aliphatic rings. The van der Waals surface area contributed by atoms with Crippen LogP contribution >= 0.6 is 20.2 Å². The Bertz CT molecular complexity index is 220. The SMILES string of the molecule is C=COCC1CC2OI(COC=C)CC2O1. The molecule has 2 fully saturated rings. The molecule has 0 amide bonds. The quantitative estimate of drug-likeness (QED) is 0.422. The number of ether oxygens (including phenoxy) is 3. The van der Waals surface area contributed by atoms with Crippen LogP contribution in [0.4, 0.5) is 0 Å². The molecule has 3 atom stereocenters. The molecule has 0 bridgehead atoms. The normalized spacial score (nSPS) is 34.5. The van der Waals surface area contributed by atoms with Crippen LogP contribution in [0.1, 0.15) is 6.42 Å². The zero-order valence-corrected chi connectivity index (χ0v) is 11.3. The number of hydrogen-bond donors (Lipinski definition) is 0. The Kier molecular flexibility index (Phi) is 4.48. The van der Waals surface area contributed by atoms with Gasteiger partial charge in [0.2, 0.25) is 0 Å². The van der Waals surface area contributed by atoms with E-state index in [1.165, 1.54) is 12.5 Å². The predicted octanol–water partition coefficient (Wildman–Crippen LogP) is 2.24. The Balaban J connectivity index is 1.72. The van der Waals surface area contributed by atoms with Crippen molar-refractivity contribution in [3.05, 3.63) is 25.7 Å². The first kappa shape index (κ1) is 12.2. The number of rotatable bonds is 6. The molecule has 2 rings (SSSR count). The van der Waals surface area contributed by atoms with Crippen LogP contribution in [0.25, 0.3) is 0 Å². The van der Waals surface area contributed by atoms with Crippen molar-refractivity contribution in [2.75, 3.05) is 15.6 Å². The fourth-order valence-electron chi connectivity index (χ4n) is 1.87. The molecule has 16 heavy (non-hydrogen) atoms. The molecule has 0 aromatic heterocycles. The van der Waals surface area contributed by atoms with Crippen LogP contribution in [-0.4, -0.2) is 34.0 Å². The van der Waals surface area contributed by atoms with E-state index in [0.29, 0.717) is 6.61 Å². The minimum absolute atomic E-state index is 0.159. The van der Waals surface area contributed by atoms with Crippen molar-refractivity contribution in [1.82, 2.24) is 0 Å². The van der Waals surface area contributed by atoms with Crippen molar-refractivity contribution < 1.29 is 17.3 Å². The topological polar surface area (TPSA) is 36.9 Å². The van der Waals surface area contributed by atoms with E-state index in [-0.39, 0.29) is 18.3 Å². The van der Waals surface area contributed by atoms with Gasteiger partial charge in [-0.1, -0.05) is 0 Å². The molecule has 0 aliphatic carbocycles. The average Bonchev–Trinajstić information content (AvgIpc) is 2.80. The Morgan fingerprint density at radius 3 is 2.75 bits per heavy atom. The molecule has 0 aromatic rings. The maximum atomic E-state index is 5.98. The molecule has 0 N–H and O–H groups in total. The van der Waals surface area contributed by atoms with Crippen molar-refractivity contribution in [2.24, 2.45) is 0 Å². The Morgan fingerprint density at radius 2 is 2.06 bits per heavy atom. The average molecular weight is 340 g/mol. The molecule has 0 spiro atoms. The third-order valence-corrected chi connectivity index (χ3v) is 6.82. The molecule has 2 heterocycles. The number of halogens is 1. The van der Waals surface area contributed by atoms with Crippen LogP contribution in [-0.2, 0) is 17.3 Å². The summed E-state index contributed by atoms with van der Waals surface area (Å²) in [7, 11) is 0. The van der Waals surface area contributed by atoms with Gasteiger partial charge in [-0.15, -0.1) is 0 Å². The molecule has 0 aromatic carbocycles. The summed E-state index contributed by atoms with van der Waals surface area (Å²) in [6.07, 6.45) is 4.55. The first-order valence-corrected chi connectivity index (χ1v) is 9.16. The first-order valence-electron chi connectivity index (χ1n) is 5.23. The van der Waals surface area contributed by atoms with Gasteiger partial charge < -0.3 is 0 Å². The second-order valence-corrected chi connectivity index (χ2v) is 8.00.